The third-order valence-electron chi connectivity index (χ3n) is 14.9. The number of carbonyl (C=O) groups is 8. The van der Waals surface area contributed by atoms with Gasteiger partial charge in [0, 0.05) is 17.5 Å². The Morgan fingerprint density at radius 1 is 0.500 bits per heavy atom. The zero-order chi connectivity index (χ0) is 60.4. The van der Waals surface area contributed by atoms with E-state index >= 15 is 0 Å². The molecule has 2 aromatic heterocycles. The number of thiazole rings is 1. The van der Waals surface area contributed by atoms with Crippen LogP contribution < -0.4 is 28.4 Å². The van der Waals surface area contributed by atoms with Gasteiger partial charge in [0.05, 0.1) is 34.8 Å². The van der Waals surface area contributed by atoms with E-state index in [1.807, 2.05) is 26.0 Å². The monoisotopic (exact) mass is 1180 g/mol. The number of rotatable bonds is 19. The van der Waals surface area contributed by atoms with Crippen molar-refractivity contribution in [1.82, 2.24) is 4.98 Å². The van der Waals surface area contributed by atoms with E-state index in [2.05, 4.69) is 19.2 Å². The highest BCUT2D eigenvalue weighted by Gasteiger charge is 2.34. The highest BCUT2D eigenvalue weighted by molar-refractivity contribution is 7.22. The van der Waals surface area contributed by atoms with E-state index in [1.54, 1.807) is 48.5 Å². The average Bonchev–Trinajstić information content (AvgIpc) is 2.03. The Balaban J connectivity index is 0.729. The van der Waals surface area contributed by atoms with Crippen LogP contribution in [-0.2, 0) is 51.5 Å². The zero-order valence-corrected chi connectivity index (χ0v) is 47.7. The summed E-state index contributed by atoms with van der Waals surface area (Å²) >= 11 is 1.19. The maximum atomic E-state index is 13.8. The number of esters is 8. The van der Waals surface area contributed by atoms with Gasteiger partial charge in [-0.15, -0.1) is 11.3 Å². The van der Waals surface area contributed by atoms with Crippen LogP contribution in [0.3, 0.4) is 0 Å². The second-order valence-electron chi connectivity index (χ2n) is 20.9. The number of ether oxygens (including phenoxy) is 8. The van der Waals surface area contributed by atoms with Gasteiger partial charge in [-0.1, -0.05) is 43.5 Å². The molecule has 19 heteroatoms. The van der Waals surface area contributed by atoms with E-state index in [0.717, 1.165) is 28.7 Å². The van der Waals surface area contributed by atoms with E-state index in [-0.39, 0.29) is 64.8 Å². The van der Waals surface area contributed by atoms with Crippen LogP contribution in [0.15, 0.2) is 157 Å². The molecule has 0 atom stereocenters. The van der Waals surface area contributed by atoms with E-state index in [0.29, 0.717) is 95.0 Å². The van der Waals surface area contributed by atoms with Gasteiger partial charge in [0.15, 0.2) is 22.3 Å². The molecular weight excluding hydrogens is 1120 g/mol. The van der Waals surface area contributed by atoms with E-state index in [1.165, 1.54) is 72.0 Å². The van der Waals surface area contributed by atoms with Crippen LogP contribution in [0.4, 0.5) is 0 Å². The third kappa shape index (κ3) is 14.5. The smallest absolute Gasteiger partial charge is 0.343 e. The van der Waals surface area contributed by atoms with Crippen molar-refractivity contribution in [1.29, 1.82) is 0 Å². The summed E-state index contributed by atoms with van der Waals surface area (Å²) in [6, 6.07) is 33.9. The molecule has 2 saturated carbocycles. The molecule has 0 N–H and O–H groups in total. The van der Waals surface area contributed by atoms with Gasteiger partial charge in [0.25, 0.3) is 0 Å². The number of aromatic nitrogens is 1. The Hall–Kier alpha value is -10.0. The Labute approximate surface area is 497 Å². The van der Waals surface area contributed by atoms with Gasteiger partial charge in [0.1, 0.15) is 52.0 Å². The van der Waals surface area contributed by atoms with Crippen molar-refractivity contribution in [2.24, 2.45) is 23.7 Å². The molecule has 0 spiro atoms. The first-order chi connectivity index (χ1) is 41.5. The molecule has 2 fully saturated rings. The van der Waals surface area contributed by atoms with Crippen LogP contribution in [0.25, 0.3) is 32.0 Å². The van der Waals surface area contributed by atoms with Crippen LogP contribution in [0.1, 0.15) is 94.3 Å². The first-order valence-electron chi connectivity index (χ1n) is 27.8. The second kappa shape index (κ2) is 26.7. The average molecular weight is 1180 g/mol. The van der Waals surface area contributed by atoms with Crippen LogP contribution in [0, 0.1) is 37.5 Å². The molecule has 0 bridgehead atoms. The number of carbonyl (C=O) groups excluding carboxylic acids is 8. The predicted molar refractivity (Wildman–Crippen MR) is 313 cm³/mol. The van der Waals surface area contributed by atoms with E-state index < -0.39 is 59.5 Å². The zero-order valence-electron chi connectivity index (χ0n) is 46.9. The number of furan rings is 1. The summed E-state index contributed by atoms with van der Waals surface area (Å²) in [5.74, 6) is -3.86. The van der Waals surface area contributed by atoms with Crippen LogP contribution in [0.5, 0.6) is 34.5 Å². The van der Waals surface area contributed by atoms with Gasteiger partial charge < -0.3 is 42.3 Å². The molecule has 0 amide bonds. The molecule has 2 aliphatic rings. The SMILES string of the molecule is C=CC(=O)Oc1ccc(OC(=O)C2CCC(C(=O)OCc3ccc(C(=O)Oc4ccc(OC(=O)c5ccc(COC(=O)C6CCC(C(=O)Oc7ccc(OC(=O)C=C)cc7)CC6)cc5)c5sc(-c6cc7c(C)cc(C)cc7o6)nc45)cc3)CC2)cc1. The minimum Gasteiger partial charge on any atom is -0.461 e. The Morgan fingerprint density at radius 3 is 1.35 bits per heavy atom. The Morgan fingerprint density at radius 2 is 0.907 bits per heavy atom. The van der Waals surface area contributed by atoms with Crippen LogP contribution in [0.2, 0.25) is 0 Å². The van der Waals surface area contributed by atoms with Gasteiger partial charge >= 0.3 is 47.8 Å². The lowest BCUT2D eigenvalue weighted by molar-refractivity contribution is -0.153. The lowest BCUT2D eigenvalue weighted by atomic mass is 9.82. The van der Waals surface area contributed by atoms with Gasteiger partial charge in [-0.3, -0.25) is 19.2 Å². The number of hydrogen-bond acceptors (Lipinski definition) is 19. The third-order valence-corrected chi connectivity index (χ3v) is 15.9. The molecule has 0 unspecified atom stereocenters. The van der Waals surface area contributed by atoms with Crippen LogP contribution in [-0.4, -0.2) is 52.7 Å². The largest absolute Gasteiger partial charge is 0.461 e. The summed E-state index contributed by atoms with van der Waals surface area (Å²) in [4.78, 5) is 107. The molecule has 0 aliphatic heterocycles. The van der Waals surface area contributed by atoms with Crippen molar-refractivity contribution in [3.8, 4) is 45.3 Å². The summed E-state index contributed by atoms with van der Waals surface area (Å²) in [6.07, 6.45) is 5.65. The fourth-order valence-corrected chi connectivity index (χ4v) is 11.1. The number of aryl methyl sites for hydroxylation is 2. The summed E-state index contributed by atoms with van der Waals surface area (Å²) in [5, 5.41) is 1.35. The van der Waals surface area contributed by atoms with E-state index in [4.69, 9.17) is 47.3 Å². The maximum absolute atomic E-state index is 13.8. The number of hydrogen-bond donors (Lipinski definition) is 0. The molecule has 10 rings (SSSR count). The van der Waals surface area contributed by atoms with Crippen molar-refractivity contribution < 1.29 is 80.7 Å². The molecule has 0 saturated heterocycles. The molecule has 2 aliphatic carbocycles. The van der Waals surface area contributed by atoms with Crippen LogP contribution >= 0.6 is 11.3 Å². The molecule has 8 aromatic rings. The minimum atomic E-state index is -0.697. The van der Waals surface area contributed by atoms with Gasteiger partial charge in [0.2, 0.25) is 0 Å². The topological polar surface area (TPSA) is 236 Å². The molecule has 86 heavy (non-hydrogen) atoms. The first kappa shape index (κ1) is 59.2. The Kier molecular flexibility index (Phi) is 18.4. The summed E-state index contributed by atoms with van der Waals surface area (Å²) in [6.45, 7) is 10.6. The highest BCUT2D eigenvalue weighted by atomic mass is 32.1. The number of benzene rings is 6. The van der Waals surface area contributed by atoms with Crippen molar-refractivity contribution in [2.75, 3.05) is 0 Å². The van der Waals surface area contributed by atoms with Crippen molar-refractivity contribution >= 4 is 80.3 Å². The summed E-state index contributed by atoms with van der Waals surface area (Å²) in [7, 11) is 0. The fourth-order valence-electron chi connectivity index (χ4n) is 10.2. The van der Waals surface area contributed by atoms with Gasteiger partial charge in [-0.2, -0.15) is 0 Å². The number of fused-ring (bicyclic) bond motifs is 2. The van der Waals surface area contributed by atoms with Gasteiger partial charge in [-0.25, -0.2) is 24.2 Å². The standard InChI is InChI=1S/C67H57NO17S/c1-5-57(69)79-48-23-27-50(28-24-48)81-64(73)46-19-15-42(16-20-46)62(71)77-36-40-7-11-44(12-8-40)66(75)84-53-31-32-54(60-59(53)68-61(86-60)56-35-52-39(4)33-38(3)34-55(52)83-56)85-67(76)45-13-9-41(10-14-45)37-78-63(72)43-17-21-47(22-18-43)65(74)82-51-29-25-49(26-30-51)80-58(70)6-2/h5-14,23-35,42-43,46-47H,1-2,15-22,36-37H2,3-4H3. The van der Waals surface area contributed by atoms with Crippen molar-refractivity contribution in [3.63, 3.8) is 0 Å². The summed E-state index contributed by atoms with van der Waals surface area (Å²) < 4.78 is 51.1. The molecule has 18 nitrogen and oxygen atoms in total. The molecular formula is C67H57NO17S. The number of nitrogens with zero attached hydrogens (tertiary/aromatic N) is 1. The fraction of sp³-hybridized carbons (Fsp3) is 0.239. The summed E-state index contributed by atoms with van der Waals surface area (Å²) in [5.41, 5.74) is 4.65. The van der Waals surface area contributed by atoms with Crippen molar-refractivity contribution in [2.45, 2.75) is 78.4 Å². The minimum absolute atomic E-state index is 0.0374. The van der Waals surface area contributed by atoms with Crippen molar-refractivity contribution in [3.05, 3.63) is 186 Å². The highest BCUT2D eigenvalue weighted by Crippen LogP contribution is 2.43. The molecule has 438 valence electrons. The Bertz CT molecular complexity index is 3690. The predicted octanol–water partition coefficient (Wildman–Crippen LogP) is 12.9. The van der Waals surface area contributed by atoms with Gasteiger partial charge in [-0.05, 0) is 185 Å². The first-order valence-corrected chi connectivity index (χ1v) is 28.6. The molecule has 6 aromatic carbocycles. The second-order valence-corrected chi connectivity index (χ2v) is 21.9. The van der Waals surface area contributed by atoms with E-state index in [9.17, 15) is 38.4 Å². The normalized spacial score (nSPS) is 16.4. The lowest BCUT2D eigenvalue weighted by Gasteiger charge is -2.25. The molecule has 2 heterocycles. The lowest BCUT2D eigenvalue weighted by Crippen LogP contribution is -2.29. The molecule has 0 radical (unpaired) electrons. The maximum Gasteiger partial charge on any atom is 0.343 e. The quantitative estimate of drug-likeness (QED) is 0.0415.